The summed E-state index contributed by atoms with van der Waals surface area (Å²) in [6.45, 7) is -1.79. The van der Waals surface area contributed by atoms with Gasteiger partial charge >= 0.3 is 5.92 Å². The van der Waals surface area contributed by atoms with Gasteiger partial charge in [0.25, 0.3) is 0 Å². The van der Waals surface area contributed by atoms with E-state index in [0.717, 1.165) is 6.20 Å². The number of fused-ring (bicyclic) bond motifs is 1. The molecule has 0 aliphatic rings. The molecule has 0 unspecified atom stereocenters. The van der Waals surface area contributed by atoms with E-state index in [-0.39, 0.29) is 11.5 Å². The molecule has 126 valence electrons. The predicted octanol–water partition coefficient (Wildman–Crippen LogP) is 2.60. The molecule has 0 saturated carbocycles. The Morgan fingerprint density at radius 1 is 1.25 bits per heavy atom. The number of nitrogens with zero attached hydrogens (tertiary/aromatic N) is 5. The molecule has 10 heteroatoms. The van der Waals surface area contributed by atoms with Gasteiger partial charge in [0.15, 0.2) is 18.1 Å². The van der Waals surface area contributed by atoms with Crippen LogP contribution in [0.2, 0.25) is 0 Å². The number of aromatic nitrogens is 5. The van der Waals surface area contributed by atoms with Crippen LogP contribution in [0.4, 0.5) is 30.5 Å². The first-order valence-electron chi connectivity index (χ1n) is 6.98. The minimum absolute atomic E-state index is 0.0756. The van der Waals surface area contributed by atoms with Gasteiger partial charge in [-0.25, -0.2) is 24.0 Å². The zero-order valence-corrected chi connectivity index (χ0v) is 12.9. The number of halogens is 3. The first-order chi connectivity index (χ1) is 11.5. The molecule has 0 radical (unpaired) electrons. The van der Waals surface area contributed by atoms with Crippen molar-refractivity contribution in [3.8, 4) is 0 Å². The van der Waals surface area contributed by atoms with E-state index in [0.29, 0.717) is 16.9 Å². The molecule has 7 nitrogen and oxygen atoms in total. The SMILES string of the molecule is CNc1cc(Nc2nn(C)c3ncncc23)ncc1C(F)(F)CF. The molecule has 0 amide bonds. The van der Waals surface area contributed by atoms with Crippen LogP contribution in [-0.2, 0) is 13.0 Å². The third-order valence-corrected chi connectivity index (χ3v) is 3.48. The molecule has 0 atom stereocenters. The van der Waals surface area contributed by atoms with Crippen LogP contribution in [0.25, 0.3) is 11.0 Å². The average molecular weight is 337 g/mol. The van der Waals surface area contributed by atoms with E-state index in [1.165, 1.54) is 19.4 Å². The Kier molecular flexibility index (Phi) is 3.96. The molecule has 3 aromatic rings. The number of rotatable bonds is 5. The second-order valence-corrected chi connectivity index (χ2v) is 5.06. The number of hydrogen-bond donors (Lipinski definition) is 2. The van der Waals surface area contributed by atoms with Gasteiger partial charge < -0.3 is 10.6 Å². The topological polar surface area (TPSA) is 80.5 Å². The van der Waals surface area contributed by atoms with Gasteiger partial charge in [-0.2, -0.15) is 13.9 Å². The van der Waals surface area contributed by atoms with Crippen molar-refractivity contribution >= 4 is 28.4 Å². The summed E-state index contributed by atoms with van der Waals surface area (Å²) in [7, 11) is 3.19. The Morgan fingerprint density at radius 3 is 2.75 bits per heavy atom. The van der Waals surface area contributed by atoms with Crippen LogP contribution in [0.5, 0.6) is 0 Å². The normalized spacial score (nSPS) is 11.7. The molecular weight excluding hydrogens is 323 g/mol. The van der Waals surface area contributed by atoms with Crippen molar-refractivity contribution in [2.24, 2.45) is 7.05 Å². The molecule has 0 aliphatic carbocycles. The third kappa shape index (κ3) is 2.70. The minimum atomic E-state index is -3.60. The smallest absolute Gasteiger partial charge is 0.304 e. The van der Waals surface area contributed by atoms with Gasteiger partial charge in [0.05, 0.1) is 10.9 Å². The number of nitrogens with one attached hydrogen (secondary N) is 2. The van der Waals surface area contributed by atoms with Crippen molar-refractivity contribution in [2.75, 3.05) is 24.4 Å². The van der Waals surface area contributed by atoms with Gasteiger partial charge in [0, 0.05) is 38.2 Å². The largest absolute Gasteiger partial charge is 0.388 e. The van der Waals surface area contributed by atoms with E-state index < -0.39 is 18.2 Å². The van der Waals surface area contributed by atoms with E-state index >= 15 is 0 Å². The van der Waals surface area contributed by atoms with Crippen LogP contribution >= 0.6 is 0 Å². The molecule has 3 heterocycles. The maximum Gasteiger partial charge on any atom is 0.304 e. The molecule has 3 rings (SSSR count). The van der Waals surface area contributed by atoms with Crippen LogP contribution < -0.4 is 10.6 Å². The summed E-state index contributed by atoms with van der Waals surface area (Å²) < 4.78 is 41.3. The van der Waals surface area contributed by atoms with Crippen molar-refractivity contribution in [1.29, 1.82) is 0 Å². The summed E-state index contributed by atoms with van der Waals surface area (Å²) in [5.41, 5.74) is 0.181. The van der Waals surface area contributed by atoms with E-state index in [4.69, 9.17) is 0 Å². The van der Waals surface area contributed by atoms with Crippen molar-refractivity contribution in [3.63, 3.8) is 0 Å². The minimum Gasteiger partial charge on any atom is -0.388 e. The van der Waals surface area contributed by atoms with E-state index in [9.17, 15) is 13.2 Å². The average Bonchev–Trinajstić information content (AvgIpc) is 2.91. The quantitative estimate of drug-likeness (QED) is 0.745. The van der Waals surface area contributed by atoms with Crippen LogP contribution in [-0.4, -0.2) is 38.5 Å². The zero-order chi connectivity index (χ0) is 17.3. The molecule has 0 fully saturated rings. The highest BCUT2D eigenvalue weighted by Gasteiger charge is 2.34. The predicted molar refractivity (Wildman–Crippen MR) is 83.2 cm³/mol. The summed E-state index contributed by atoms with van der Waals surface area (Å²) in [4.78, 5) is 12.0. The maximum atomic E-state index is 13.6. The Bertz CT molecular complexity index is 878. The van der Waals surface area contributed by atoms with Crippen molar-refractivity contribution in [3.05, 3.63) is 30.4 Å². The van der Waals surface area contributed by atoms with Gasteiger partial charge in [0.2, 0.25) is 0 Å². The summed E-state index contributed by atoms with van der Waals surface area (Å²) in [6.07, 6.45) is 3.93. The van der Waals surface area contributed by atoms with E-state index in [2.05, 4.69) is 30.7 Å². The van der Waals surface area contributed by atoms with Crippen LogP contribution in [0.3, 0.4) is 0 Å². The Balaban J connectivity index is 1.98. The third-order valence-electron chi connectivity index (χ3n) is 3.48. The summed E-state index contributed by atoms with van der Waals surface area (Å²) >= 11 is 0. The first-order valence-corrected chi connectivity index (χ1v) is 6.98. The molecule has 0 aliphatic heterocycles. The van der Waals surface area contributed by atoms with Crippen molar-refractivity contribution < 1.29 is 13.2 Å². The molecule has 3 aromatic heterocycles. The second-order valence-electron chi connectivity index (χ2n) is 5.06. The van der Waals surface area contributed by atoms with Gasteiger partial charge in [-0.1, -0.05) is 0 Å². The van der Waals surface area contributed by atoms with Crippen LogP contribution in [0, 0.1) is 0 Å². The number of anilines is 3. The first kappa shape index (κ1) is 16.0. The highest BCUT2D eigenvalue weighted by Crippen LogP contribution is 2.35. The lowest BCUT2D eigenvalue weighted by molar-refractivity contribution is -0.0276. The second kappa shape index (κ2) is 5.95. The molecule has 24 heavy (non-hydrogen) atoms. The zero-order valence-electron chi connectivity index (χ0n) is 12.9. The number of hydrogen-bond acceptors (Lipinski definition) is 6. The molecule has 0 saturated heterocycles. The maximum absolute atomic E-state index is 13.6. The molecule has 0 spiro atoms. The number of aryl methyl sites for hydroxylation is 1. The van der Waals surface area contributed by atoms with Crippen LogP contribution in [0.15, 0.2) is 24.8 Å². The van der Waals surface area contributed by atoms with Gasteiger partial charge in [-0.05, 0) is 0 Å². The van der Waals surface area contributed by atoms with Gasteiger partial charge in [-0.3, -0.25) is 0 Å². The van der Waals surface area contributed by atoms with Gasteiger partial charge in [-0.15, -0.1) is 0 Å². The summed E-state index contributed by atoms with van der Waals surface area (Å²) in [5.74, 6) is -2.88. The van der Waals surface area contributed by atoms with Crippen molar-refractivity contribution in [1.82, 2.24) is 24.7 Å². The van der Waals surface area contributed by atoms with Crippen LogP contribution in [0.1, 0.15) is 5.56 Å². The molecule has 0 bridgehead atoms. The highest BCUT2D eigenvalue weighted by molar-refractivity contribution is 5.88. The fourth-order valence-electron chi connectivity index (χ4n) is 2.31. The van der Waals surface area contributed by atoms with E-state index in [1.807, 2.05) is 0 Å². The Labute approximate surface area is 134 Å². The molecule has 0 aromatic carbocycles. The van der Waals surface area contributed by atoms with Gasteiger partial charge in [0.1, 0.15) is 12.1 Å². The Hall–Kier alpha value is -2.91. The number of pyridine rings is 1. The highest BCUT2D eigenvalue weighted by atomic mass is 19.3. The van der Waals surface area contributed by atoms with E-state index in [1.54, 1.807) is 17.9 Å². The monoisotopic (exact) mass is 337 g/mol. The lowest BCUT2D eigenvalue weighted by Crippen LogP contribution is -2.18. The molecular formula is C14H14F3N7. The number of alkyl halides is 3. The fraction of sp³-hybridized carbons (Fsp3) is 0.286. The summed E-state index contributed by atoms with van der Waals surface area (Å²) in [5, 5.41) is 10.5. The summed E-state index contributed by atoms with van der Waals surface area (Å²) in [6, 6.07) is 1.36. The Morgan fingerprint density at radius 2 is 2.04 bits per heavy atom. The lowest BCUT2D eigenvalue weighted by Gasteiger charge is -2.17. The fourth-order valence-corrected chi connectivity index (χ4v) is 2.31. The molecule has 2 N–H and O–H groups in total. The standard InChI is InChI=1S/C14H14F3N7/c1-18-10-3-11(20-5-9(10)14(16,17)6-15)22-12-8-4-19-7-21-13(8)24(2)23-12/h3-5,7H,6H2,1-2H3,(H2,18,20,22,23). The van der Waals surface area contributed by atoms with Crippen molar-refractivity contribution in [2.45, 2.75) is 5.92 Å². The lowest BCUT2D eigenvalue weighted by atomic mass is 10.1.